The Morgan fingerprint density at radius 1 is 1.24 bits per heavy atom. The molecule has 1 aromatic heterocycles. The summed E-state index contributed by atoms with van der Waals surface area (Å²) in [6, 6.07) is 3.08. The largest absolute Gasteiger partial charge is 0.289 e. The first kappa shape index (κ1) is 16.4. The van der Waals surface area contributed by atoms with E-state index in [4.69, 9.17) is 46.4 Å². The Kier molecular flexibility index (Phi) is 5.71. The molecule has 0 radical (unpaired) electrons. The second-order valence-corrected chi connectivity index (χ2v) is 5.69. The van der Waals surface area contributed by atoms with Crippen molar-refractivity contribution >= 4 is 58.3 Å². The van der Waals surface area contributed by atoms with E-state index in [1.807, 2.05) is 0 Å². The maximum absolute atomic E-state index is 12.1. The van der Waals surface area contributed by atoms with Crippen molar-refractivity contribution < 1.29 is 4.79 Å². The minimum atomic E-state index is -0.260. The van der Waals surface area contributed by atoms with Gasteiger partial charge in [0, 0.05) is 23.2 Å². The fourth-order valence-corrected chi connectivity index (χ4v) is 2.45. The Labute approximate surface area is 142 Å². The van der Waals surface area contributed by atoms with Crippen LogP contribution in [0.4, 0.5) is 0 Å². The first-order chi connectivity index (χ1) is 10.0. The number of aromatic nitrogens is 2. The standard InChI is InChI=1S/C14H10Cl4N2O/c15-5-6-20-8-9(7-19-20)1-4-12(21)10-2-3-11(16)14(18)13(10)17/h1-4,7-8H,5-6H2. The highest BCUT2D eigenvalue weighted by Gasteiger charge is 2.13. The van der Waals surface area contributed by atoms with Crippen molar-refractivity contribution in [2.45, 2.75) is 6.54 Å². The summed E-state index contributed by atoms with van der Waals surface area (Å²) < 4.78 is 1.70. The van der Waals surface area contributed by atoms with Crippen LogP contribution in [-0.2, 0) is 6.54 Å². The summed E-state index contributed by atoms with van der Waals surface area (Å²) in [7, 11) is 0. The van der Waals surface area contributed by atoms with E-state index in [2.05, 4.69) is 5.10 Å². The molecule has 0 N–H and O–H groups in total. The number of nitrogens with zero attached hydrogens (tertiary/aromatic N) is 2. The number of rotatable bonds is 5. The molecule has 0 atom stereocenters. The predicted molar refractivity (Wildman–Crippen MR) is 87.8 cm³/mol. The zero-order valence-corrected chi connectivity index (χ0v) is 13.7. The normalized spacial score (nSPS) is 11.2. The summed E-state index contributed by atoms with van der Waals surface area (Å²) in [5.41, 5.74) is 1.10. The number of hydrogen-bond acceptors (Lipinski definition) is 2. The molecule has 7 heteroatoms. The Morgan fingerprint density at radius 2 is 2.00 bits per heavy atom. The molecule has 0 aliphatic carbocycles. The minimum absolute atomic E-state index is 0.150. The number of halogens is 4. The van der Waals surface area contributed by atoms with E-state index in [-0.39, 0.29) is 15.8 Å². The van der Waals surface area contributed by atoms with E-state index >= 15 is 0 Å². The van der Waals surface area contributed by atoms with Crippen molar-refractivity contribution in [2.75, 3.05) is 5.88 Å². The van der Waals surface area contributed by atoms with Crippen LogP contribution in [0.3, 0.4) is 0 Å². The zero-order valence-electron chi connectivity index (χ0n) is 10.7. The number of carbonyl (C=O) groups is 1. The lowest BCUT2D eigenvalue weighted by Gasteiger charge is -2.03. The summed E-state index contributed by atoms with van der Waals surface area (Å²) in [6.45, 7) is 0.613. The van der Waals surface area contributed by atoms with Crippen LogP contribution < -0.4 is 0 Å². The van der Waals surface area contributed by atoms with E-state index in [1.165, 1.54) is 12.1 Å². The van der Waals surface area contributed by atoms with Crippen LogP contribution in [0.2, 0.25) is 15.1 Å². The lowest BCUT2D eigenvalue weighted by Crippen LogP contribution is -1.98. The second-order valence-electron chi connectivity index (χ2n) is 4.15. The van der Waals surface area contributed by atoms with E-state index in [0.29, 0.717) is 23.0 Å². The minimum Gasteiger partial charge on any atom is -0.289 e. The van der Waals surface area contributed by atoms with Crippen LogP contribution in [0.15, 0.2) is 30.6 Å². The van der Waals surface area contributed by atoms with Crippen molar-refractivity contribution in [2.24, 2.45) is 0 Å². The van der Waals surface area contributed by atoms with Gasteiger partial charge < -0.3 is 0 Å². The van der Waals surface area contributed by atoms with Crippen molar-refractivity contribution in [3.63, 3.8) is 0 Å². The second kappa shape index (κ2) is 7.32. The van der Waals surface area contributed by atoms with Gasteiger partial charge in [0.15, 0.2) is 5.78 Å². The van der Waals surface area contributed by atoms with Crippen LogP contribution in [-0.4, -0.2) is 21.4 Å². The van der Waals surface area contributed by atoms with Crippen LogP contribution in [0.25, 0.3) is 6.08 Å². The molecule has 1 aromatic carbocycles. The Morgan fingerprint density at radius 3 is 2.71 bits per heavy atom. The maximum atomic E-state index is 12.1. The molecular formula is C14H10Cl4N2O. The molecular weight excluding hydrogens is 354 g/mol. The molecule has 0 bridgehead atoms. The van der Waals surface area contributed by atoms with Gasteiger partial charge in [0.1, 0.15) is 0 Å². The summed E-state index contributed by atoms with van der Waals surface area (Å²) >= 11 is 23.4. The molecule has 0 fully saturated rings. The number of allylic oxidation sites excluding steroid dienone is 1. The lowest BCUT2D eigenvalue weighted by molar-refractivity contribution is 0.104. The third-order valence-corrected chi connectivity index (χ3v) is 4.16. The number of benzene rings is 1. The first-order valence-corrected chi connectivity index (χ1v) is 7.64. The average Bonchev–Trinajstić information content (AvgIpc) is 2.90. The number of hydrogen-bond donors (Lipinski definition) is 0. The molecule has 0 aliphatic heterocycles. The quantitative estimate of drug-likeness (QED) is 0.325. The smallest absolute Gasteiger partial charge is 0.187 e. The topological polar surface area (TPSA) is 34.9 Å². The predicted octanol–water partition coefficient (Wildman–Crippen LogP) is 4.98. The summed E-state index contributed by atoms with van der Waals surface area (Å²) in [5.74, 6) is 0.214. The van der Waals surface area contributed by atoms with Crippen molar-refractivity contribution in [1.29, 1.82) is 0 Å². The van der Waals surface area contributed by atoms with Gasteiger partial charge in [-0.05, 0) is 24.3 Å². The highest BCUT2D eigenvalue weighted by molar-refractivity contribution is 6.49. The van der Waals surface area contributed by atoms with E-state index < -0.39 is 0 Å². The molecule has 0 saturated carbocycles. The van der Waals surface area contributed by atoms with Gasteiger partial charge in [-0.3, -0.25) is 9.48 Å². The summed E-state index contributed by atoms with van der Waals surface area (Å²) in [6.07, 6.45) is 6.50. The van der Waals surface area contributed by atoms with Crippen LogP contribution in [0, 0.1) is 0 Å². The molecule has 3 nitrogen and oxygen atoms in total. The van der Waals surface area contributed by atoms with Gasteiger partial charge >= 0.3 is 0 Å². The number of ketones is 1. The Hall–Kier alpha value is -1.000. The fourth-order valence-electron chi connectivity index (χ4n) is 1.65. The van der Waals surface area contributed by atoms with E-state index in [0.717, 1.165) is 5.56 Å². The molecule has 0 spiro atoms. The highest BCUT2D eigenvalue weighted by atomic mass is 35.5. The first-order valence-electron chi connectivity index (χ1n) is 5.97. The summed E-state index contributed by atoms with van der Waals surface area (Å²) in [4.78, 5) is 12.1. The third kappa shape index (κ3) is 4.01. The van der Waals surface area contributed by atoms with Gasteiger partial charge in [-0.25, -0.2) is 0 Å². The molecule has 2 rings (SSSR count). The highest BCUT2D eigenvalue weighted by Crippen LogP contribution is 2.33. The van der Waals surface area contributed by atoms with Crippen LogP contribution >= 0.6 is 46.4 Å². The maximum Gasteiger partial charge on any atom is 0.187 e. The fraction of sp³-hybridized carbons (Fsp3) is 0.143. The number of alkyl halides is 1. The monoisotopic (exact) mass is 362 g/mol. The summed E-state index contributed by atoms with van der Waals surface area (Å²) in [5, 5.41) is 4.74. The molecule has 110 valence electrons. The Bertz CT molecular complexity index is 694. The van der Waals surface area contributed by atoms with Crippen molar-refractivity contribution in [1.82, 2.24) is 9.78 Å². The molecule has 2 aromatic rings. The third-order valence-electron chi connectivity index (χ3n) is 2.69. The molecule has 21 heavy (non-hydrogen) atoms. The van der Waals surface area contributed by atoms with Crippen LogP contribution in [0.5, 0.6) is 0 Å². The number of aryl methyl sites for hydroxylation is 1. The Balaban J connectivity index is 2.17. The van der Waals surface area contributed by atoms with Crippen LogP contribution in [0.1, 0.15) is 15.9 Å². The SMILES string of the molecule is O=C(C=Cc1cnn(CCCl)c1)c1ccc(Cl)c(Cl)c1Cl. The molecule has 1 heterocycles. The molecule has 0 aliphatic rings. The van der Waals surface area contributed by atoms with Gasteiger partial charge in [-0.2, -0.15) is 5.10 Å². The lowest BCUT2D eigenvalue weighted by atomic mass is 10.1. The van der Waals surface area contributed by atoms with Crippen molar-refractivity contribution in [3.8, 4) is 0 Å². The van der Waals surface area contributed by atoms with Crippen molar-refractivity contribution in [3.05, 3.63) is 56.8 Å². The van der Waals surface area contributed by atoms with E-state index in [9.17, 15) is 4.79 Å². The van der Waals surface area contributed by atoms with Gasteiger partial charge in [0.05, 0.1) is 27.8 Å². The zero-order chi connectivity index (χ0) is 15.4. The average molecular weight is 364 g/mol. The van der Waals surface area contributed by atoms with E-state index in [1.54, 1.807) is 29.2 Å². The molecule has 0 amide bonds. The van der Waals surface area contributed by atoms with Gasteiger partial charge in [-0.1, -0.05) is 34.8 Å². The molecule has 0 unspecified atom stereocenters. The van der Waals surface area contributed by atoms with Gasteiger partial charge in [0.25, 0.3) is 0 Å². The van der Waals surface area contributed by atoms with Gasteiger partial charge in [-0.15, -0.1) is 11.6 Å². The number of carbonyl (C=O) groups excluding carboxylic acids is 1. The van der Waals surface area contributed by atoms with Gasteiger partial charge in [0.2, 0.25) is 0 Å². The molecule has 0 saturated heterocycles.